The van der Waals surface area contributed by atoms with Gasteiger partial charge in [0, 0.05) is 0 Å². The predicted octanol–water partition coefficient (Wildman–Crippen LogP) is 2.25. The minimum Gasteiger partial charge on any atom is -0.490 e. The Bertz CT molecular complexity index is 512. The van der Waals surface area contributed by atoms with Crippen molar-refractivity contribution < 1.29 is 24.1 Å². The van der Waals surface area contributed by atoms with Crippen molar-refractivity contribution in [1.29, 1.82) is 0 Å². The number of rotatable bonds is 5. The summed E-state index contributed by atoms with van der Waals surface area (Å²) >= 11 is 0. The number of carbonyl (C=O) groups is 1. The molecule has 21 heavy (non-hydrogen) atoms. The lowest BCUT2D eigenvalue weighted by Gasteiger charge is -2.28. The van der Waals surface area contributed by atoms with E-state index in [2.05, 4.69) is 0 Å². The lowest BCUT2D eigenvalue weighted by atomic mass is 9.82. The maximum absolute atomic E-state index is 11.7. The third-order valence-electron chi connectivity index (χ3n) is 3.67. The number of aliphatic hydroxyl groups excluding tert-OH is 1. The first kappa shape index (κ1) is 15.6. The fourth-order valence-corrected chi connectivity index (χ4v) is 2.73. The maximum Gasteiger partial charge on any atom is 0.309 e. The molecule has 0 bridgehead atoms. The number of carbonyl (C=O) groups excluding carboxylic acids is 1. The van der Waals surface area contributed by atoms with Crippen LogP contribution in [0.25, 0.3) is 0 Å². The van der Waals surface area contributed by atoms with Gasteiger partial charge in [0.1, 0.15) is 0 Å². The Morgan fingerprint density at radius 3 is 2.43 bits per heavy atom. The Balaban J connectivity index is 2.36. The molecule has 2 rings (SSSR count). The molecule has 0 amide bonds. The van der Waals surface area contributed by atoms with Gasteiger partial charge in [-0.1, -0.05) is 0 Å². The van der Waals surface area contributed by atoms with Gasteiger partial charge in [-0.05, 0) is 49.9 Å². The minimum atomic E-state index is -0.687. The van der Waals surface area contributed by atoms with Gasteiger partial charge in [0.15, 0.2) is 11.5 Å². The summed E-state index contributed by atoms with van der Waals surface area (Å²) in [6.45, 7) is 4.86. The van der Waals surface area contributed by atoms with Crippen molar-refractivity contribution in [3.8, 4) is 11.5 Å². The van der Waals surface area contributed by atoms with Crippen molar-refractivity contribution in [3.63, 3.8) is 0 Å². The fourth-order valence-electron chi connectivity index (χ4n) is 2.73. The molecule has 1 aliphatic rings. The van der Waals surface area contributed by atoms with Crippen LogP contribution in [0.15, 0.2) is 12.1 Å². The van der Waals surface area contributed by atoms with E-state index in [1.54, 1.807) is 0 Å². The highest BCUT2D eigenvalue weighted by Gasteiger charge is 2.32. The van der Waals surface area contributed by atoms with Crippen molar-refractivity contribution >= 4 is 5.97 Å². The third kappa shape index (κ3) is 3.29. The molecule has 2 atom stereocenters. The number of benzene rings is 1. The van der Waals surface area contributed by atoms with Crippen LogP contribution in [0.3, 0.4) is 0 Å². The number of fused-ring (bicyclic) bond motifs is 1. The van der Waals surface area contributed by atoms with E-state index >= 15 is 0 Å². The Morgan fingerprint density at radius 2 is 1.86 bits per heavy atom. The lowest BCUT2D eigenvalue weighted by molar-refractivity contribution is -0.146. The summed E-state index contributed by atoms with van der Waals surface area (Å²) < 4.78 is 15.9. The summed E-state index contributed by atoms with van der Waals surface area (Å²) in [6.07, 6.45) is 0.234. The SMILES string of the molecule is CCOc1cc2c(cc1OCC)C(O)CC(C(=O)OC)C2. The summed E-state index contributed by atoms with van der Waals surface area (Å²) in [5.74, 6) is 0.681. The first-order chi connectivity index (χ1) is 10.1. The molecule has 5 nitrogen and oxygen atoms in total. The molecule has 0 aliphatic heterocycles. The van der Waals surface area contributed by atoms with E-state index in [-0.39, 0.29) is 11.9 Å². The second kappa shape index (κ2) is 6.80. The Labute approximate surface area is 124 Å². The van der Waals surface area contributed by atoms with E-state index in [1.165, 1.54) is 7.11 Å². The first-order valence-corrected chi connectivity index (χ1v) is 7.28. The van der Waals surface area contributed by atoms with E-state index in [0.717, 1.165) is 11.1 Å². The van der Waals surface area contributed by atoms with Gasteiger partial charge < -0.3 is 19.3 Å². The molecule has 116 valence electrons. The number of aliphatic hydroxyl groups is 1. The Hall–Kier alpha value is -1.75. The van der Waals surface area contributed by atoms with Crippen molar-refractivity contribution in [2.75, 3.05) is 20.3 Å². The molecule has 1 aromatic rings. The van der Waals surface area contributed by atoms with E-state index in [0.29, 0.717) is 37.6 Å². The molecule has 0 radical (unpaired) electrons. The molecule has 0 saturated carbocycles. The molecular formula is C16H22O5. The highest BCUT2D eigenvalue weighted by atomic mass is 16.5. The molecule has 1 N–H and O–H groups in total. The van der Waals surface area contributed by atoms with Crippen LogP contribution in [-0.4, -0.2) is 31.4 Å². The Morgan fingerprint density at radius 1 is 1.24 bits per heavy atom. The average Bonchev–Trinajstić information content (AvgIpc) is 2.48. The smallest absolute Gasteiger partial charge is 0.309 e. The van der Waals surface area contributed by atoms with E-state index in [9.17, 15) is 9.90 Å². The quantitative estimate of drug-likeness (QED) is 0.844. The van der Waals surface area contributed by atoms with Gasteiger partial charge in [-0.2, -0.15) is 0 Å². The van der Waals surface area contributed by atoms with Gasteiger partial charge in [0.25, 0.3) is 0 Å². The second-order valence-corrected chi connectivity index (χ2v) is 5.04. The van der Waals surface area contributed by atoms with E-state index in [1.807, 2.05) is 26.0 Å². The number of methoxy groups -OCH3 is 1. The molecule has 0 saturated heterocycles. The zero-order chi connectivity index (χ0) is 15.4. The van der Waals surface area contributed by atoms with Crippen LogP contribution < -0.4 is 9.47 Å². The highest BCUT2D eigenvalue weighted by Crippen LogP contribution is 2.40. The van der Waals surface area contributed by atoms with E-state index in [4.69, 9.17) is 14.2 Å². The van der Waals surface area contributed by atoms with Crippen molar-refractivity contribution in [2.24, 2.45) is 5.92 Å². The van der Waals surface area contributed by atoms with Crippen LogP contribution in [0.4, 0.5) is 0 Å². The summed E-state index contributed by atoms with van der Waals surface area (Å²) in [7, 11) is 1.37. The standard InChI is InChI=1S/C16H22O5/c1-4-20-14-8-10-6-11(16(18)19-3)7-13(17)12(10)9-15(14)21-5-2/h8-9,11,13,17H,4-7H2,1-3H3. The molecule has 0 aromatic heterocycles. The van der Waals surface area contributed by atoms with Crippen LogP contribution in [0, 0.1) is 5.92 Å². The lowest BCUT2D eigenvalue weighted by Crippen LogP contribution is -2.26. The topological polar surface area (TPSA) is 65.0 Å². The summed E-state index contributed by atoms with van der Waals surface area (Å²) in [6, 6.07) is 3.68. The van der Waals surface area contributed by atoms with E-state index < -0.39 is 6.10 Å². The largest absolute Gasteiger partial charge is 0.490 e. The van der Waals surface area contributed by atoms with Gasteiger partial charge in [-0.25, -0.2) is 0 Å². The molecule has 0 spiro atoms. The van der Waals surface area contributed by atoms with Crippen LogP contribution in [0.2, 0.25) is 0 Å². The molecule has 1 aliphatic carbocycles. The maximum atomic E-state index is 11.7. The molecule has 5 heteroatoms. The molecule has 1 aromatic carbocycles. The normalized spacial score (nSPS) is 20.6. The minimum absolute atomic E-state index is 0.286. The number of hydrogen-bond acceptors (Lipinski definition) is 5. The number of esters is 1. The zero-order valence-corrected chi connectivity index (χ0v) is 12.7. The molecule has 2 unspecified atom stereocenters. The van der Waals surface area contributed by atoms with Crippen LogP contribution in [0.1, 0.15) is 37.5 Å². The van der Waals surface area contributed by atoms with Crippen molar-refractivity contribution in [3.05, 3.63) is 23.3 Å². The van der Waals surface area contributed by atoms with Gasteiger partial charge in [0.2, 0.25) is 0 Å². The van der Waals surface area contributed by atoms with Gasteiger partial charge in [-0.3, -0.25) is 4.79 Å². The number of ether oxygens (including phenoxy) is 3. The first-order valence-electron chi connectivity index (χ1n) is 7.28. The number of hydrogen-bond donors (Lipinski definition) is 1. The molecule has 0 fully saturated rings. The predicted molar refractivity (Wildman–Crippen MR) is 77.6 cm³/mol. The molecular weight excluding hydrogens is 272 g/mol. The van der Waals surface area contributed by atoms with Gasteiger partial charge in [0.05, 0.1) is 32.3 Å². The highest BCUT2D eigenvalue weighted by molar-refractivity contribution is 5.73. The van der Waals surface area contributed by atoms with Crippen molar-refractivity contribution in [2.45, 2.75) is 32.8 Å². The monoisotopic (exact) mass is 294 g/mol. The third-order valence-corrected chi connectivity index (χ3v) is 3.67. The zero-order valence-electron chi connectivity index (χ0n) is 12.7. The van der Waals surface area contributed by atoms with Gasteiger partial charge in [-0.15, -0.1) is 0 Å². The second-order valence-electron chi connectivity index (χ2n) is 5.04. The average molecular weight is 294 g/mol. The van der Waals surface area contributed by atoms with Crippen molar-refractivity contribution in [1.82, 2.24) is 0 Å². The summed E-state index contributed by atoms with van der Waals surface area (Å²) in [4.78, 5) is 11.7. The fraction of sp³-hybridized carbons (Fsp3) is 0.562. The summed E-state index contributed by atoms with van der Waals surface area (Å²) in [5.41, 5.74) is 1.72. The van der Waals surface area contributed by atoms with Crippen LogP contribution in [-0.2, 0) is 16.0 Å². The van der Waals surface area contributed by atoms with Gasteiger partial charge >= 0.3 is 5.97 Å². The molecule has 0 heterocycles. The summed E-state index contributed by atoms with van der Waals surface area (Å²) in [5, 5.41) is 10.3. The van der Waals surface area contributed by atoms with Crippen LogP contribution in [0.5, 0.6) is 11.5 Å². The Kier molecular flexibility index (Phi) is 5.07. The van der Waals surface area contributed by atoms with Crippen LogP contribution >= 0.6 is 0 Å².